The van der Waals surface area contributed by atoms with Gasteiger partial charge in [-0.15, -0.1) is 17.8 Å². The van der Waals surface area contributed by atoms with Gasteiger partial charge in [0.2, 0.25) is 0 Å². The monoisotopic (exact) mass is 582 g/mol. The summed E-state index contributed by atoms with van der Waals surface area (Å²) in [6, 6.07) is 11.1. The van der Waals surface area contributed by atoms with Gasteiger partial charge in [0.25, 0.3) is 5.91 Å². The Morgan fingerprint density at radius 1 is 1.12 bits per heavy atom. The molecule has 42 heavy (non-hydrogen) atoms. The van der Waals surface area contributed by atoms with Crippen LogP contribution in [0, 0.1) is 18.2 Å². The van der Waals surface area contributed by atoms with E-state index in [0.717, 1.165) is 16.8 Å². The van der Waals surface area contributed by atoms with E-state index in [0.29, 0.717) is 53.4 Å². The highest BCUT2D eigenvalue weighted by atomic mass is 32.1. The van der Waals surface area contributed by atoms with Crippen molar-refractivity contribution in [2.45, 2.75) is 6.42 Å². The number of terminal acetylenes is 1. The van der Waals surface area contributed by atoms with Gasteiger partial charge in [-0.2, -0.15) is 9.97 Å². The molecule has 210 valence electrons. The average Bonchev–Trinajstić information content (AvgIpc) is 3.41. The second-order valence-corrected chi connectivity index (χ2v) is 10.5. The lowest BCUT2D eigenvalue weighted by Gasteiger charge is -2.24. The minimum atomic E-state index is -0.868. The second-order valence-electron chi connectivity index (χ2n) is 9.57. The number of benzene rings is 2. The molecule has 1 aliphatic heterocycles. The first kappa shape index (κ1) is 27.2. The van der Waals surface area contributed by atoms with E-state index in [-0.39, 0.29) is 23.8 Å². The van der Waals surface area contributed by atoms with Gasteiger partial charge in [0.05, 0.1) is 12.5 Å². The molecule has 6 rings (SSSR count). The number of pyridine rings is 1. The predicted molar refractivity (Wildman–Crippen MR) is 159 cm³/mol. The van der Waals surface area contributed by atoms with Crippen LogP contribution in [0.1, 0.15) is 17.0 Å². The van der Waals surface area contributed by atoms with E-state index in [2.05, 4.69) is 25.9 Å². The smallest absolute Gasteiger partial charge is 0.318 e. The van der Waals surface area contributed by atoms with Gasteiger partial charge in [-0.25, -0.2) is 13.8 Å². The molecule has 1 amide bonds. The van der Waals surface area contributed by atoms with Gasteiger partial charge in [-0.3, -0.25) is 9.78 Å². The zero-order valence-corrected chi connectivity index (χ0v) is 23.4. The second kappa shape index (κ2) is 11.5. The Hall–Kier alpha value is -4.95. The van der Waals surface area contributed by atoms with Crippen molar-refractivity contribution in [3.8, 4) is 29.6 Å². The maximum absolute atomic E-state index is 16.3. The zero-order valence-electron chi connectivity index (χ0n) is 22.6. The molecule has 0 aliphatic carbocycles. The van der Waals surface area contributed by atoms with Crippen molar-refractivity contribution < 1.29 is 18.3 Å². The summed E-state index contributed by atoms with van der Waals surface area (Å²) in [6.07, 6.45) is 10.5. The maximum Gasteiger partial charge on any atom is 0.318 e. The van der Waals surface area contributed by atoms with E-state index in [1.807, 2.05) is 35.2 Å². The number of carbonyl (C=O) groups excluding carboxylic acids is 1. The molecule has 8 nitrogen and oxygen atoms in total. The number of hydrogen-bond donors (Lipinski definition) is 0. The molecular weight excluding hydrogens is 558 g/mol. The van der Waals surface area contributed by atoms with Crippen molar-refractivity contribution in [2.24, 2.45) is 0 Å². The molecule has 0 saturated carbocycles. The third-order valence-corrected chi connectivity index (χ3v) is 7.85. The average molecular weight is 583 g/mol. The molecular formula is C31H24F2N6O2S. The van der Waals surface area contributed by atoms with E-state index in [1.54, 1.807) is 23.8 Å². The Labute approximate surface area is 244 Å². The summed E-state index contributed by atoms with van der Waals surface area (Å²) in [5.74, 6) is 0.908. The first-order valence-electron chi connectivity index (χ1n) is 13.2. The van der Waals surface area contributed by atoms with Crippen LogP contribution in [-0.4, -0.2) is 64.0 Å². The fourth-order valence-corrected chi connectivity index (χ4v) is 5.71. The fourth-order valence-electron chi connectivity index (χ4n) is 5.16. The summed E-state index contributed by atoms with van der Waals surface area (Å²) in [7, 11) is 1.41. The zero-order chi connectivity index (χ0) is 29.2. The lowest BCUT2D eigenvalue weighted by molar-refractivity contribution is -0.128. The van der Waals surface area contributed by atoms with E-state index in [9.17, 15) is 9.18 Å². The molecule has 0 unspecified atom stereocenters. The number of carbonyl (C=O) groups is 1. The number of rotatable bonds is 5. The predicted octanol–water partition coefficient (Wildman–Crippen LogP) is 5.48. The number of methoxy groups -OCH3 is 1. The largest absolute Gasteiger partial charge is 0.467 e. The first-order chi connectivity index (χ1) is 20.5. The number of halogens is 2. The van der Waals surface area contributed by atoms with Crippen LogP contribution >= 0.6 is 11.3 Å². The van der Waals surface area contributed by atoms with Crippen LogP contribution in [0.2, 0.25) is 0 Å². The summed E-state index contributed by atoms with van der Waals surface area (Å²) in [5.41, 5.74) is 1.34. The van der Waals surface area contributed by atoms with Crippen molar-refractivity contribution in [3.05, 3.63) is 76.4 Å². The van der Waals surface area contributed by atoms with Gasteiger partial charge in [-0.1, -0.05) is 36.3 Å². The maximum atomic E-state index is 16.3. The van der Waals surface area contributed by atoms with Crippen LogP contribution in [0.3, 0.4) is 0 Å². The Morgan fingerprint density at radius 2 is 1.95 bits per heavy atom. The molecule has 0 spiro atoms. The van der Waals surface area contributed by atoms with Crippen LogP contribution in [0.5, 0.6) is 6.01 Å². The molecule has 0 bridgehead atoms. The van der Waals surface area contributed by atoms with Gasteiger partial charge in [0.1, 0.15) is 22.0 Å². The number of aromatic nitrogens is 4. The summed E-state index contributed by atoms with van der Waals surface area (Å²) in [6.45, 7) is 1.42. The quantitative estimate of drug-likeness (QED) is 0.200. The molecule has 4 heterocycles. The Balaban J connectivity index is 1.36. The van der Waals surface area contributed by atoms with Crippen molar-refractivity contribution in [1.29, 1.82) is 0 Å². The molecule has 0 atom stereocenters. The Kier molecular flexibility index (Phi) is 7.46. The summed E-state index contributed by atoms with van der Waals surface area (Å²) in [5, 5.41) is 4.12. The van der Waals surface area contributed by atoms with Crippen molar-refractivity contribution >= 4 is 50.8 Å². The van der Waals surface area contributed by atoms with Crippen LogP contribution in [0.15, 0.2) is 60.0 Å². The Morgan fingerprint density at radius 3 is 2.71 bits per heavy atom. The van der Waals surface area contributed by atoms with Crippen LogP contribution in [0.25, 0.3) is 39.0 Å². The molecule has 1 fully saturated rings. The fraction of sp³-hybridized carbons (Fsp3) is 0.194. The number of fused-ring (bicyclic) bond motifs is 2. The molecule has 11 heteroatoms. The highest BCUT2D eigenvalue weighted by Crippen LogP contribution is 2.36. The number of nitrogens with zero attached hydrogens (tertiary/aromatic N) is 6. The number of amides is 1. The van der Waals surface area contributed by atoms with E-state index < -0.39 is 17.6 Å². The summed E-state index contributed by atoms with van der Waals surface area (Å²) < 4.78 is 36.3. The first-order valence-corrected chi connectivity index (χ1v) is 14.1. The lowest BCUT2D eigenvalue weighted by atomic mass is 9.97. The van der Waals surface area contributed by atoms with Crippen molar-refractivity contribution in [2.75, 3.05) is 38.2 Å². The number of ether oxygens (including phenoxy) is 1. The molecule has 1 saturated heterocycles. The highest BCUT2D eigenvalue weighted by molar-refractivity contribution is 7.10. The van der Waals surface area contributed by atoms with Gasteiger partial charge < -0.3 is 14.5 Å². The third-order valence-electron chi connectivity index (χ3n) is 7.13. The SMILES string of the molecule is C#Cc1cccc2cccc(-c3ncc4c(N5CCCN(C(=O)/C(F)=C/c6nccs6)CC5)nc(OC)nc4c3F)c12. The van der Waals surface area contributed by atoms with Crippen LogP contribution < -0.4 is 9.64 Å². The van der Waals surface area contributed by atoms with E-state index >= 15 is 4.39 Å². The van der Waals surface area contributed by atoms with Crippen molar-refractivity contribution in [3.63, 3.8) is 0 Å². The van der Waals surface area contributed by atoms with Gasteiger partial charge in [0, 0.05) is 66.5 Å². The normalized spacial score (nSPS) is 14.2. The minimum absolute atomic E-state index is 0.00890. The summed E-state index contributed by atoms with van der Waals surface area (Å²) in [4.78, 5) is 33.6. The summed E-state index contributed by atoms with van der Waals surface area (Å²) >= 11 is 1.25. The highest BCUT2D eigenvalue weighted by Gasteiger charge is 2.26. The van der Waals surface area contributed by atoms with Gasteiger partial charge >= 0.3 is 6.01 Å². The number of hydrogen-bond acceptors (Lipinski definition) is 8. The van der Waals surface area contributed by atoms with E-state index in [4.69, 9.17) is 11.2 Å². The Bertz CT molecular complexity index is 1880. The molecule has 2 aromatic carbocycles. The number of thiazole rings is 1. The van der Waals surface area contributed by atoms with E-state index in [1.165, 1.54) is 23.3 Å². The minimum Gasteiger partial charge on any atom is -0.467 e. The third kappa shape index (κ3) is 5.01. The molecule has 0 N–H and O–H groups in total. The topological polar surface area (TPSA) is 84.3 Å². The van der Waals surface area contributed by atoms with Gasteiger partial charge in [-0.05, 0) is 17.9 Å². The van der Waals surface area contributed by atoms with Crippen molar-refractivity contribution in [1.82, 2.24) is 24.8 Å². The molecule has 0 radical (unpaired) electrons. The molecule has 5 aromatic rings. The molecule has 1 aliphatic rings. The van der Waals surface area contributed by atoms with Crippen LogP contribution in [0.4, 0.5) is 14.6 Å². The lowest BCUT2D eigenvalue weighted by Crippen LogP contribution is -2.35. The number of anilines is 1. The molecule has 3 aromatic heterocycles. The van der Waals surface area contributed by atoms with Crippen LogP contribution in [-0.2, 0) is 4.79 Å². The standard InChI is InChI=1S/C31H24F2N6O2S/c1-3-19-7-4-8-20-9-5-10-21(25(19)20)27-26(33)28-22(18-35-27)29(37-31(36-28)41-2)38-12-6-13-39(15-14-38)30(40)23(32)17-24-34-11-16-42-24/h1,4-5,7-11,16-18H,6,12-15H2,2H3/b23-17-. The van der Waals surface area contributed by atoms with Gasteiger partial charge in [0.15, 0.2) is 11.6 Å².